The molecule has 158 valence electrons. The van der Waals surface area contributed by atoms with Crippen molar-refractivity contribution in [2.75, 3.05) is 5.32 Å². The molecular weight excluding hydrogens is 398 g/mol. The molecule has 6 heteroatoms. The number of pyridine rings is 1. The van der Waals surface area contributed by atoms with Crippen molar-refractivity contribution >= 4 is 16.7 Å². The van der Waals surface area contributed by atoms with Crippen LogP contribution in [-0.4, -0.2) is 4.98 Å². The van der Waals surface area contributed by atoms with E-state index in [4.69, 9.17) is 4.42 Å². The van der Waals surface area contributed by atoms with Gasteiger partial charge in [0, 0.05) is 22.9 Å². The lowest BCUT2D eigenvalue weighted by atomic mass is 9.98. The molecule has 0 amide bonds. The fourth-order valence-electron chi connectivity index (χ4n) is 3.78. The molecule has 0 aliphatic carbocycles. The van der Waals surface area contributed by atoms with E-state index >= 15 is 0 Å². The van der Waals surface area contributed by atoms with Crippen LogP contribution in [0.1, 0.15) is 41.8 Å². The summed E-state index contributed by atoms with van der Waals surface area (Å²) in [6, 6.07) is 15.9. The number of halogens is 2. The van der Waals surface area contributed by atoms with Crippen molar-refractivity contribution in [2.45, 2.75) is 33.2 Å². The Hall–Kier alpha value is -3.54. The summed E-state index contributed by atoms with van der Waals surface area (Å²) in [6.07, 6.45) is -1.36. The van der Waals surface area contributed by atoms with Crippen LogP contribution in [0, 0.1) is 13.8 Å². The summed E-state index contributed by atoms with van der Waals surface area (Å²) in [7, 11) is 0. The van der Waals surface area contributed by atoms with Crippen molar-refractivity contribution in [3.63, 3.8) is 0 Å². The second-order valence-corrected chi connectivity index (χ2v) is 7.59. The van der Waals surface area contributed by atoms with E-state index in [0.717, 1.165) is 11.1 Å². The average Bonchev–Trinajstić information content (AvgIpc) is 2.77. The van der Waals surface area contributed by atoms with Crippen LogP contribution in [0.3, 0.4) is 0 Å². The second-order valence-electron chi connectivity index (χ2n) is 7.59. The van der Waals surface area contributed by atoms with E-state index in [1.807, 2.05) is 50.2 Å². The van der Waals surface area contributed by atoms with Gasteiger partial charge in [0.1, 0.15) is 17.0 Å². The van der Waals surface area contributed by atoms with Gasteiger partial charge in [-0.05, 0) is 44.5 Å². The fraction of sp³-hybridized carbons (Fsp3) is 0.200. The molecule has 0 unspecified atom stereocenters. The molecule has 2 heterocycles. The molecule has 4 nitrogen and oxygen atoms in total. The highest BCUT2D eigenvalue weighted by molar-refractivity contribution is 5.84. The van der Waals surface area contributed by atoms with Crippen molar-refractivity contribution < 1.29 is 13.2 Å². The summed E-state index contributed by atoms with van der Waals surface area (Å²) < 4.78 is 33.0. The van der Waals surface area contributed by atoms with E-state index < -0.39 is 12.5 Å². The highest BCUT2D eigenvalue weighted by Crippen LogP contribution is 2.33. The molecule has 0 aliphatic heterocycles. The molecule has 1 N–H and O–H groups in total. The van der Waals surface area contributed by atoms with Gasteiger partial charge in [-0.15, -0.1) is 0 Å². The normalized spacial score (nSPS) is 12.3. The van der Waals surface area contributed by atoms with Crippen LogP contribution in [0.25, 0.3) is 22.3 Å². The molecule has 0 bridgehead atoms. The minimum atomic E-state index is -2.70. The van der Waals surface area contributed by atoms with Crippen LogP contribution >= 0.6 is 0 Å². The van der Waals surface area contributed by atoms with Crippen LogP contribution in [0.5, 0.6) is 0 Å². The molecule has 0 radical (unpaired) electrons. The smallest absolute Gasteiger partial charge is 0.282 e. The van der Waals surface area contributed by atoms with E-state index in [2.05, 4.69) is 10.3 Å². The zero-order chi connectivity index (χ0) is 22.1. The standard InChI is InChI=1S/C25H22F2N2O2/c1-14-12-18(16(3)29-20-10-7-11-28-21(20)25(26)27)24-19(13-14)22(30)15(2)23(31-24)17-8-5-4-6-9-17/h4-13,16,25,29H,1-3H3/t16-/m1/s1. The van der Waals surface area contributed by atoms with Gasteiger partial charge in [-0.25, -0.2) is 8.78 Å². The number of aromatic nitrogens is 1. The molecule has 4 rings (SSSR count). The summed E-state index contributed by atoms with van der Waals surface area (Å²) in [4.78, 5) is 17.0. The molecule has 0 fully saturated rings. The maximum Gasteiger partial charge on any atom is 0.282 e. The van der Waals surface area contributed by atoms with Crippen LogP contribution in [0.4, 0.5) is 14.5 Å². The van der Waals surface area contributed by atoms with Gasteiger partial charge in [0.25, 0.3) is 6.43 Å². The number of nitrogens with zero attached hydrogens (tertiary/aromatic N) is 1. The summed E-state index contributed by atoms with van der Waals surface area (Å²) >= 11 is 0. The van der Waals surface area contributed by atoms with Crippen molar-refractivity contribution in [1.82, 2.24) is 4.98 Å². The second kappa shape index (κ2) is 8.30. The number of nitrogens with one attached hydrogen (secondary N) is 1. The van der Waals surface area contributed by atoms with Gasteiger partial charge in [0.2, 0.25) is 0 Å². The van der Waals surface area contributed by atoms with Crippen LogP contribution in [0.15, 0.2) is 70.0 Å². The molecule has 2 aromatic carbocycles. The number of alkyl halides is 2. The predicted octanol–water partition coefficient (Wildman–Crippen LogP) is 6.58. The maximum atomic E-state index is 13.4. The molecule has 0 saturated heterocycles. The Bertz CT molecular complexity index is 1300. The monoisotopic (exact) mass is 420 g/mol. The number of aryl methyl sites for hydroxylation is 1. The van der Waals surface area contributed by atoms with Gasteiger partial charge in [-0.2, -0.15) is 0 Å². The summed E-state index contributed by atoms with van der Waals surface area (Å²) in [5.74, 6) is 0.505. The van der Waals surface area contributed by atoms with E-state index in [1.54, 1.807) is 25.1 Å². The van der Waals surface area contributed by atoms with Gasteiger partial charge in [0.15, 0.2) is 5.43 Å². The summed E-state index contributed by atoms with van der Waals surface area (Å²) in [5.41, 5.74) is 3.21. The first-order valence-electron chi connectivity index (χ1n) is 9.99. The Morgan fingerprint density at radius 1 is 1.03 bits per heavy atom. The Labute approximate surface area is 178 Å². The zero-order valence-corrected chi connectivity index (χ0v) is 17.4. The molecule has 0 spiro atoms. The number of anilines is 1. The minimum absolute atomic E-state index is 0.105. The van der Waals surface area contributed by atoms with Gasteiger partial charge in [-0.3, -0.25) is 9.78 Å². The quantitative estimate of drug-likeness (QED) is 0.396. The van der Waals surface area contributed by atoms with Gasteiger partial charge < -0.3 is 9.73 Å². The highest BCUT2D eigenvalue weighted by Gasteiger charge is 2.21. The molecule has 31 heavy (non-hydrogen) atoms. The Kier molecular flexibility index (Phi) is 5.55. The molecule has 1 atom stereocenters. The lowest BCUT2D eigenvalue weighted by Gasteiger charge is -2.20. The Morgan fingerprint density at radius 3 is 2.48 bits per heavy atom. The first-order valence-corrected chi connectivity index (χ1v) is 9.99. The van der Waals surface area contributed by atoms with Crippen LogP contribution in [-0.2, 0) is 0 Å². The topological polar surface area (TPSA) is 55.1 Å². The number of benzene rings is 2. The van der Waals surface area contributed by atoms with E-state index in [-0.39, 0.29) is 16.8 Å². The van der Waals surface area contributed by atoms with Gasteiger partial charge in [-0.1, -0.05) is 36.4 Å². The van der Waals surface area contributed by atoms with Crippen molar-refractivity contribution in [2.24, 2.45) is 0 Å². The molecular formula is C25H22F2N2O2. The summed E-state index contributed by atoms with van der Waals surface area (Å²) in [5, 5.41) is 3.59. The Morgan fingerprint density at radius 2 is 1.77 bits per heavy atom. The van der Waals surface area contributed by atoms with Crippen molar-refractivity contribution in [1.29, 1.82) is 0 Å². The first kappa shape index (κ1) is 20.7. The molecule has 2 aromatic heterocycles. The van der Waals surface area contributed by atoms with Crippen molar-refractivity contribution in [3.05, 3.63) is 93.4 Å². The van der Waals surface area contributed by atoms with Crippen molar-refractivity contribution in [3.8, 4) is 11.3 Å². The third kappa shape index (κ3) is 3.93. The SMILES string of the molecule is Cc1cc([C@@H](C)Nc2cccnc2C(F)F)c2oc(-c3ccccc3)c(C)c(=O)c2c1. The molecule has 4 aromatic rings. The number of hydrogen-bond donors (Lipinski definition) is 1. The van der Waals surface area contributed by atoms with E-state index in [1.165, 1.54) is 6.20 Å². The minimum Gasteiger partial charge on any atom is -0.455 e. The van der Waals surface area contributed by atoms with Gasteiger partial charge in [0.05, 0.1) is 17.1 Å². The predicted molar refractivity (Wildman–Crippen MR) is 119 cm³/mol. The molecule has 0 saturated carbocycles. The van der Waals surface area contributed by atoms with Crippen LogP contribution in [0.2, 0.25) is 0 Å². The number of fused-ring (bicyclic) bond motifs is 1. The summed E-state index contributed by atoms with van der Waals surface area (Å²) in [6.45, 7) is 5.49. The molecule has 0 aliphatic rings. The maximum absolute atomic E-state index is 13.4. The fourth-order valence-corrected chi connectivity index (χ4v) is 3.78. The lowest BCUT2D eigenvalue weighted by Crippen LogP contribution is -2.13. The largest absolute Gasteiger partial charge is 0.455 e. The lowest BCUT2D eigenvalue weighted by molar-refractivity contribution is 0.147. The number of rotatable bonds is 5. The average molecular weight is 420 g/mol. The zero-order valence-electron chi connectivity index (χ0n) is 17.4. The number of hydrogen-bond acceptors (Lipinski definition) is 4. The Balaban J connectivity index is 1.88. The van der Waals surface area contributed by atoms with E-state index in [9.17, 15) is 13.6 Å². The first-order chi connectivity index (χ1) is 14.9. The van der Waals surface area contributed by atoms with Crippen LogP contribution < -0.4 is 10.7 Å². The third-order valence-electron chi connectivity index (χ3n) is 5.31. The van der Waals surface area contributed by atoms with Gasteiger partial charge >= 0.3 is 0 Å². The third-order valence-corrected chi connectivity index (χ3v) is 5.31. The van der Waals surface area contributed by atoms with E-state index in [0.29, 0.717) is 27.9 Å². The highest BCUT2D eigenvalue weighted by atomic mass is 19.3.